The van der Waals surface area contributed by atoms with Gasteiger partial charge in [0.05, 0.1) is 0 Å². The van der Waals surface area contributed by atoms with Crippen LogP contribution in [0.1, 0.15) is 22.3 Å². The van der Waals surface area contributed by atoms with Crippen LogP contribution in [0.25, 0.3) is 100 Å². The summed E-state index contributed by atoms with van der Waals surface area (Å²) in [6.07, 6.45) is 1.57. The summed E-state index contributed by atoms with van der Waals surface area (Å²) in [6, 6.07) is 68.5. The summed E-state index contributed by atoms with van der Waals surface area (Å²) in [6.45, 7) is 0. The van der Waals surface area contributed by atoms with Gasteiger partial charge in [0.1, 0.15) is 0 Å². The normalized spacial score (nSPS) is 12.8. The minimum absolute atomic E-state index is 0.145. The van der Waals surface area contributed by atoms with E-state index in [1.165, 1.54) is 89.1 Å². The molecule has 0 N–H and O–H groups in total. The Bertz CT molecular complexity index is 3980. The van der Waals surface area contributed by atoms with Crippen molar-refractivity contribution in [2.24, 2.45) is 0 Å². The third-order valence-corrected chi connectivity index (χ3v) is 16.8. The van der Waals surface area contributed by atoms with E-state index in [0.29, 0.717) is 0 Å². The summed E-state index contributed by atoms with van der Waals surface area (Å²) in [5.74, 6) is 0. The first-order valence-corrected chi connectivity index (χ1v) is 23.6. The van der Waals surface area contributed by atoms with Crippen LogP contribution in [0.2, 0.25) is 0 Å². The zero-order chi connectivity index (χ0) is 40.6. The minimum atomic E-state index is -0.809. The third kappa shape index (κ3) is 4.81. The predicted molar refractivity (Wildman–Crippen MR) is 260 cm³/mol. The van der Waals surface area contributed by atoms with E-state index in [0.717, 1.165) is 46.0 Å². The number of para-hydroxylation sites is 6. The molecule has 0 unspecified atom stereocenters. The van der Waals surface area contributed by atoms with Crippen LogP contribution in [-0.2, 0) is 12.8 Å². The fourth-order valence-corrected chi connectivity index (χ4v) is 13.9. The molecule has 4 heterocycles. The molecule has 0 fully saturated rings. The van der Waals surface area contributed by atoms with Gasteiger partial charge in [0, 0.05) is 0 Å². The van der Waals surface area contributed by atoms with Crippen molar-refractivity contribution in [1.82, 2.24) is 13.7 Å². The molecule has 0 radical (unpaired) electrons. The van der Waals surface area contributed by atoms with Crippen LogP contribution in [0.15, 0.2) is 193 Å². The summed E-state index contributed by atoms with van der Waals surface area (Å²) in [7, 11) is 0. The van der Waals surface area contributed by atoms with E-state index in [-0.39, 0.29) is 5.43 Å². The molecule has 4 aromatic heterocycles. The molecule has 62 heavy (non-hydrogen) atoms. The van der Waals surface area contributed by atoms with Crippen LogP contribution in [0.3, 0.4) is 0 Å². The second kappa shape index (κ2) is 12.9. The first-order valence-electron chi connectivity index (χ1n) is 21.3. The zero-order valence-electron chi connectivity index (χ0n) is 33.5. The topological polar surface area (TPSA) is 31.9 Å². The Morgan fingerprint density at radius 1 is 0.339 bits per heavy atom. The van der Waals surface area contributed by atoms with Crippen molar-refractivity contribution < 1.29 is 0 Å². The summed E-state index contributed by atoms with van der Waals surface area (Å²) in [5, 5.41) is 9.21. The van der Waals surface area contributed by atoms with Gasteiger partial charge in [-0.15, -0.1) is 0 Å². The predicted octanol–water partition coefficient (Wildman–Crippen LogP) is 13.2. The fraction of sp³-hybridized carbons (Fsp3) is 0.0351. The van der Waals surface area contributed by atoms with Gasteiger partial charge in [-0.25, -0.2) is 0 Å². The Morgan fingerprint density at radius 2 is 0.774 bits per heavy atom. The molecule has 0 spiro atoms. The Morgan fingerprint density at radius 3 is 1.29 bits per heavy atom. The number of benzene rings is 9. The van der Waals surface area contributed by atoms with Crippen LogP contribution >= 0.6 is 0 Å². The van der Waals surface area contributed by atoms with Gasteiger partial charge in [0.15, 0.2) is 0 Å². The molecule has 1 aliphatic carbocycles. The van der Waals surface area contributed by atoms with Crippen molar-refractivity contribution in [3.63, 3.8) is 0 Å². The van der Waals surface area contributed by atoms with E-state index < -0.39 is 20.4 Å². The number of rotatable bonds is 3. The van der Waals surface area contributed by atoms with Crippen LogP contribution < -0.4 is 5.43 Å². The molecule has 0 amide bonds. The molecule has 0 saturated heterocycles. The molecule has 9 aromatic carbocycles. The van der Waals surface area contributed by atoms with Crippen molar-refractivity contribution in [2.75, 3.05) is 0 Å². The van der Waals surface area contributed by atoms with E-state index in [9.17, 15) is 4.79 Å². The number of aromatic nitrogens is 3. The Balaban J connectivity index is 0.990. The molecular formula is C57H35N3OTe. The summed E-state index contributed by atoms with van der Waals surface area (Å²) in [5.41, 5.74) is 15.9. The molecular weight excluding hydrogens is 870 g/mol. The van der Waals surface area contributed by atoms with E-state index in [2.05, 4.69) is 202 Å². The summed E-state index contributed by atoms with van der Waals surface area (Å²) < 4.78 is 9.74. The zero-order valence-corrected chi connectivity index (χ0v) is 35.8. The molecule has 4 nitrogen and oxygen atoms in total. The second-order valence-electron chi connectivity index (χ2n) is 16.8. The van der Waals surface area contributed by atoms with Crippen molar-refractivity contribution in [3.8, 4) is 17.1 Å². The molecule has 1 aliphatic rings. The fourth-order valence-electron chi connectivity index (χ4n) is 10.8. The number of nitrogens with zero attached hydrogens (tertiary/aromatic N) is 3. The third-order valence-electron chi connectivity index (χ3n) is 13.5. The Hall–Kier alpha value is -7.16. The van der Waals surface area contributed by atoms with E-state index in [1.54, 1.807) is 0 Å². The summed E-state index contributed by atoms with van der Waals surface area (Å²) in [4.78, 5) is 14.8. The second-order valence-corrected chi connectivity index (χ2v) is 19.9. The average Bonchev–Trinajstić information content (AvgIpc) is 3.96. The molecule has 0 atom stereocenters. The molecule has 0 bridgehead atoms. The van der Waals surface area contributed by atoms with Crippen LogP contribution in [0.5, 0.6) is 0 Å². The number of fused-ring (bicyclic) bond motifs is 13. The van der Waals surface area contributed by atoms with Gasteiger partial charge in [-0.1, -0.05) is 0 Å². The molecule has 5 heteroatoms. The summed E-state index contributed by atoms with van der Waals surface area (Å²) >= 11 is -0.809. The molecule has 14 rings (SSSR count). The monoisotopic (exact) mass is 907 g/mol. The Labute approximate surface area is 365 Å². The van der Waals surface area contributed by atoms with E-state index in [4.69, 9.17) is 0 Å². The van der Waals surface area contributed by atoms with Gasteiger partial charge in [0.25, 0.3) is 0 Å². The number of hydrogen-bond donors (Lipinski definition) is 0. The van der Waals surface area contributed by atoms with Gasteiger partial charge in [-0.05, 0) is 0 Å². The molecule has 290 valence electrons. The van der Waals surface area contributed by atoms with E-state index in [1.807, 2.05) is 0 Å². The van der Waals surface area contributed by atoms with E-state index >= 15 is 0 Å². The van der Waals surface area contributed by atoms with Crippen LogP contribution in [0, 0.1) is 0 Å². The first-order chi connectivity index (χ1) is 30.7. The molecule has 13 aromatic rings. The first kappa shape index (κ1) is 34.5. The quantitative estimate of drug-likeness (QED) is 0.128. The van der Waals surface area contributed by atoms with Crippen molar-refractivity contribution >= 4 is 103 Å². The van der Waals surface area contributed by atoms with Gasteiger partial charge < -0.3 is 0 Å². The number of hydrogen-bond acceptors (Lipinski definition) is 1. The van der Waals surface area contributed by atoms with Gasteiger partial charge in [0.2, 0.25) is 0 Å². The maximum atomic E-state index is 14.8. The average molecular weight is 906 g/mol. The molecule has 0 saturated carbocycles. The maximum absolute atomic E-state index is 14.8. The SMILES string of the molecule is O=c1c2cc(-n3c4ccccc4c4ccccc43)ccc2[te]c2cc3c(cc12)Cc1c(cc(-n2c4ccccc4c4ccccc42)cc1-n1c2ccccc2c2ccccc21)C3. The van der Waals surface area contributed by atoms with Gasteiger partial charge in [-0.3, -0.25) is 0 Å². The van der Waals surface area contributed by atoms with Crippen molar-refractivity contribution in [2.45, 2.75) is 12.8 Å². The molecule has 0 aliphatic heterocycles. The van der Waals surface area contributed by atoms with Crippen LogP contribution in [0.4, 0.5) is 0 Å². The van der Waals surface area contributed by atoms with Gasteiger partial charge in [-0.2, -0.15) is 0 Å². The van der Waals surface area contributed by atoms with Crippen LogP contribution in [-0.4, -0.2) is 34.1 Å². The van der Waals surface area contributed by atoms with Gasteiger partial charge >= 0.3 is 368 Å². The van der Waals surface area contributed by atoms with Crippen molar-refractivity contribution in [1.29, 1.82) is 0 Å². The standard InChI is InChI=1S/C57H35N3OTe/c61-57-46-30-35-29-45-36(27-34(35)31-56(46)62-55-26-25-37(32-47(55)57)58-48-19-7-1-13-39(48)40-14-2-8-20-49(40)58)28-38(59-50-21-9-3-15-41(50)42-16-4-10-22-51(42)59)33-54(45)60-52-23-11-5-17-43(52)44-18-6-12-24-53(44)60/h1-26,28,30-33H,27,29H2. The van der Waals surface area contributed by atoms with Crippen molar-refractivity contribution in [3.05, 3.63) is 221 Å². The Kier molecular flexibility index (Phi) is 7.20.